The van der Waals surface area contributed by atoms with E-state index >= 15 is 0 Å². The molecule has 0 fully saturated rings. The maximum atomic E-state index is 5.76. The van der Waals surface area contributed by atoms with Crippen LogP contribution in [-0.2, 0) is 0 Å². The average Bonchev–Trinajstić information content (AvgIpc) is 2.58. The maximum absolute atomic E-state index is 5.76. The minimum Gasteiger partial charge on any atom is -0.390 e. The van der Waals surface area contributed by atoms with E-state index in [1.807, 2.05) is 13.0 Å². The largest absolute Gasteiger partial charge is 0.390 e. The number of nitrogens with two attached hydrogens (primary N) is 1. The number of nitrogens with zero attached hydrogens (tertiary/aromatic N) is 2. The SMILES string of the molecule is Cc1cc(-c2ncn[nH]2)c(N)s1. The molecule has 2 heterocycles. The Morgan fingerprint density at radius 3 is 2.92 bits per heavy atom. The number of aryl methyl sites for hydroxylation is 1. The molecule has 62 valence electrons. The number of nitrogen functional groups attached to an aromatic ring is 1. The smallest absolute Gasteiger partial charge is 0.158 e. The Bertz CT molecular complexity index is 376. The summed E-state index contributed by atoms with van der Waals surface area (Å²) in [6, 6.07) is 2.00. The zero-order chi connectivity index (χ0) is 8.55. The van der Waals surface area contributed by atoms with Crippen LogP contribution in [0.25, 0.3) is 11.4 Å². The molecule has 0 amide bonds. The van der Waals surface area contributed by atoms with Crippen molar-refractivity contribution in [1.82, 2.24) is 15.2 Å². The summed E-state index contributed by atoms with van der Waals surface area (Å²) >= 11 is 1.56. The van der Waals surface area contributed by atoms with Crippen molar-refractivity contribution in [2.75, 3.05) is 5.73 Å². The number of nitrogens with one attached hydrogen (secondary N) is 1. The summed E-state index contributed by atoms with van der Waals surface area (Å²) in [5.74, 6) is 0.733. The number of aromatic nitrogens is 3. The van der Waals surface area contributed by atoms with E-state index in [1.54, 1.807) is 11.3 Å². The van der Waals surface area contributed by atoms with Crippen molar-refractivity contribution in [3.63, 3.8) is 0 Å². The lowest BCUT2D eigenvalue weighted by atomic mass is 10.3. The minimum absolute atomic E-state index is 0.733. The maximum Gasteiger partial charge on any atom is 0.158 e. The van der Waals surface area contributed by atoms with Gasteiger partial charge < -0.3 is 5.73 Å². The Morgan fingerprint density at radius 1 is 1.58 bits per heavy atom. The highest BCUT2D eigenvalue weighted by molar-refractivity contribution is 7.16. The van der Waals surface area contributed by atoms with Crippen LogP contribution >= 0.6 is 11.3 Å². The summed E-state index contributed by atoms with van der Waals surface area (Å²) in [6.45, 7) is 2.01. The molecule has 2 aromatic rings. The van der Waals surface area contributed by atoms with Crippen LogP contribution in [-0.4, -0.2) is 15.2 Å². The molecule has 2 aromatic heterocycles. The second-order valence-corrected chi connectivity index (χ2v) is 3.76. The van der Waals surface area contributed by atoms with Gasteiger partial charge in [0, 0.05) is 4.88 Å². The van der Waals surface area contributed by atoms with Crippen molar-refractivity contribution in [2.24, 2.45) is 0 Å². The summed E-state index contributed by atoms with van der Waals surface area (Å²) < 4.78 is 0. The van der Waals surface area contributed by atoms with Crippen LogP contribution in [0.3, 0.4) is 0 Å². The van der Waals surface area contributed by atoms with Gasteiger partial charge in [-0.3, -0.25) is 5.10 Å². The van der Waals surface area contributed by atoms with Gasteiger partial charge in [0.25, 0.3) is 0 Å². The van der Waals surface area contributed by atoms with Gasteiger partial charge >= 0.3 is 0 Å². The molecule has 12 heavy (non-hydrogen) atoms. The van der Waals surface area contributed by atoms with E-state index in [0.29, 0.717) is 0 Å². The first-order chi connectivity index (χ1) is 5.77. The molecule has 0 radical (unpaired) electrons. The Kier molecular flexibility index (Phi) is 1.58. The lowest BCUT2D eigenvalue weighted by molar-refractivity contribution is 1.10. The summed E-state index contributed by atoms with van der Waals surface area (Å²) in [5.41, 5.74) is 6.70. The molecule has 2 rings (SSSR count). The van der Waals surface area contributed by atoms with Crippen LogP contribution in [0.2, 0.25) is 0 Å². The second kappa shape index (κ2) is 2.60. The number of thiophene rings is 1. The van der Waals surface area contributed by atoms with E-state index < -0.39 is 0 Å². The van der Waals surface area contributed by atoms with Crippen LogP contribution in [0.4, 0.5) is 5.00 Å². The van der Waals surface area contributed by atoms with Crippen LogP contribution < -0.4 is 5.73 Å². The van der Waals surface area contributed by atoms with Crippen LogP contribution in [0.1, 0.15) is 4.88 Å². The second-order valence-electron chi connectivity index (χ2n) is 2.47. The van der Waals surface area contributed by atoms with Crippen molar-refractivity contribution in [3.05, 3.63) is 17.3 Å². The first-order valence-electron chi connectivity index (χ1n) is 3.49. The monoisotopic (exact) mass is 180 g/mol. The number of H-pyrrole nitrogens is 1. The molecule has 0 bridgehead atoms. The van der Waals surface area contributed by atoms with Gasteiger partial charge in [-0.2, -0.15) is 5.10 Å². The van der Waals surface area contributed by atoms with E-state index in [4.69, 9.17) is 5.73 Å². The molecular weight excluding hydrogens is 172 g/mol. The molecule has 0 aromatic carbocycles. The normalized spacial score (nSPS) is 10.4. The minimum atomic E-state index is 0.733. The van der Waals surface area contributed by atoms with Crippen molar-refractivity contribution in [1.29, 1.82) is 0 Å². The zero-order valence-electron chi connectivity index (χ0n) is 6.53. The van der Waals surface area contributed by atoms with Gasteiger partial charge in [-0.15, -0.1) is 11.3 Å². The third kappa shape index (κ3) is 1.08. The van der Waals surface area contributed by atoms with Gasteiger partial charge in [0.05, 0.1) is 10.6 Å². The highest BCUT2D eigenvalue weighted by Crippen LogP contribution is 2.30. The summed E-state index contributed by atoms with van der Waals surface area (Å²) in [6.07, 6.45) is 1.47. The Balaban J connectivity index is 2.54. The van der Waals surface area contributed by atoms with Gasteiger partial charge in [0.1, 0.15) is 6.33 Å². The molecule has 3 N–H and O–H groups in total. The zero-order valence-corrected chi connectivity index (χ0v) is 7.35. The topological polar surface area (TPSA) is 67.6 Å². The third-order valence-electron chi connectivity index (χ3n) is 1.55. The van der Waals surface area contributed by atoms with E-state index in [0.717, 1.165) is 16.4 Å². The molecule has 4 nitrogen and oxygen atoms in total. The Labute approximate surface area is 73.5 Å². The first kappa shape index (κ1) is 7.30. The fourth-order valence-electron chi connectivity index (χ4n) is 1.05. The molecular formula is C7H8N4S. The van der Waals surface area contributed by atoms with Gasteiger partial charge in [0.15, 0.2) is 5.82 Å². The summed E-state index contributed by atoms with van der Waals surface area (Å²) in [4.78, 5) is 5.20. The molecule has 0 spiro atoms. The average molecular weight is 180 g/mol. The van der Waals surface area contributed by atoms with Gasteiger partial charge in [-0.25, -0.2) is 4.98 Å². The van der Waals surface area contributed by atoms with Gasteiger partial charge in [0.2, 0.25) is 0 Å². The van der Waals surface area contributed by atoms with Crippen LogP contribution in [0, 0.1) is 6.92 Å². The van der Waals surface area contributed by atoms with E-state index in [2.05, 4.69) is 15.2 Å². The number of hydrogen-bond acceptors (Lipinski definition) is 4. The number of rotatable bonds is 1. The molecule has 0 atom stereocenters. The van der Waals surface area contributed by atoms with Crippen molar-refractivity contribution in [2.45, 2.75) is 6.92 Å². The fraction of sp³-hybridized carbons (Fsp3) is 0.143. The number of hydrogen-bond donors (Lipinski definition) is 2. The predicted molar refractivity (Wildman–Crippen MR) is 48.8 cm³/mol. The summed E-state index contributed by atoms with van der Waals surface area (Å²) in [7, 11) is 0. The van der Waals surface area contributed by atoms with E-state index in [9.17, 15) is 0 Å². The Hall–Kier alpha value is -1.36. The third-order valence-corrected chi connectivity index (χ3v) is 2.43. The van der Waals surface area contributed by atoms with Crippen LogP contribution in [0.15, 0.2) is 12.4 Å². The molecule has 0 unspecified atom stereocenters. The van der Waals surface area contributed by atoms with Crippen LogP contribution in [0.5, 0.6) is 0 Å². The number of aromatic amines is 1. The lowest BCUT2D eigenvalue weighted by Crippen LogP contribution is -1.84. The van der Waals surface area contributed by atoms with Gasteiger partial charge in [-0.05, 0) is 13.0 Å². The molecule has 0 aliphatic rings. The molecule has 0 aliphatic carbocycles. The van der Waals surface area contributed by atoms with Crippen molar-refractivity contribution >= 4 is 16.3 Å². The molecule has 5 heteroatoms. The Morgan fingerprint density at radius 2 is 2.42 bits per heavy atom. The van der Waals surface area contributed by atoms with E-state index in [1.165, 1.54) is 11.2 Å². The van der Waals surface area contributed by atoms with Gasteiger partial charge in [-0.1, -0.05) is 0 Å². The first-order valence-corrected chi connectivity index (χ1v) is 4.30. The quantitative estimate of drug-likeness (QED) is 0.697. The molecule has 0 aliphatic heterocycles. The fourth-order valence-corrected chi connectivity index (χ4v) is 1.84. The predicted octanol–water partition coefficient (Wildman–Crippen LogP) is 1.42. The van der Waals surface area contributed by atoms with Crippen molar-refractivity contribution in [3.8, 4) is 11.4 Å². The molecule has 0 saturated heterocycles. The molecule has 0 saturated carbocycles. The standard InChI is InChI=1S/C7H8N4S/c1-4-2-5(6(8)12-4)7-9-3-10-11-7/h2-3H,8H2,1H3,(H,9,10,11). The highest BCUT2D eigenvalue weighted by atomic mass is 32.1. The van der Waals surface area contributed by atoms with Crippen molar-refractivity contribution < 1.29 is 0 Å². The highest BCUT2D eigenvalue weighted by Gasteiger charge is 2.07. The summed E-state index contributed by atoms with van der Waals surface area (Å²) in [5, 5.41) is 7.32. The lowest BCUT2D eigenvalue weighted by Gasteiger charge is -1.90. The number of anilines is 1. The van der Waals surface area contributed by atoms with E-state index in [-0.39, 0.29) is 0 Å².